The van der Waals surface area contributed by atoms with Gasteiger partial charge in [0.25, 0.3) is 0 Å². The number of phenolic OH excluding ortho intramolecular Hbond substituents is 1. The lowest BCUT2D eigenvalue weighted by Crippen LogP contribution is -2.38. The van der Waals surface area contributed by atoms with Crippen LogP contribution in [0, 0.1) is 0 Å². The number of fused-ring (bicyclic) bond motifs is 1. The number of rotatable bonds is 6. The van der Waals surface area contributed by atoms with E-state index in [2.05, 4.69) is 65.0 Å². The molecule has 0 heterocycles. The average molecular weight is 377 g/mol. The molecule has 3 N–H and O–H groups in total. The summed E-state index contributed by atoms with van der Waals surface area (Å²) in [6.45, 7) is 5.25. The van der Waals surface area contributed by atoms with E-state index in [-0.39, 0.29) is 11.8 Å². The molecular formula is C23H27N3O2. The minimum atomic E-state index is 0.0720. The number of nitrogens with zero attached hydrogens (tertiary/aromatic N) is 1. The zero-order chi connectivity index (χ0) is 19.9. The fourth-order valence-corrected chi connectivity index (χ4v) is 3.26. The Morgan fingerprint density at radius 3 is 2.61 bits per heavy atom. The van der Waals surface area contributed by atoms with Crippen LogP contribution < -0.4 is 15.4 Å². The second kappa shape index (κ2) is 9.13. The molecule has 1 atom stereocenters. The van der Waals surface area contributed by atoms with E-state index >= 15 is 0 Å². The molecule has 0 amide bonds. The third kappa shape index (κ3) is 4.36. The summed E-state index contributed by atoms with van der Waals surface area (Å²) in [6, 6.07) is 20.2. The number of benzene rings is 3. The third-order valence-corrected chi connectivity index (χ3v) is 4.70. The number of hydrogen-bond donors (Lipinski definition) is 3. The molecule has 0 fully saturated rings. The quantitative estimate of drug-likeness (QED) is 0.441. The summed E-state index contributed by atoms with van der Waals surface area (Å²) in [5.41, 5.74) is 1.93. The number of aromatic hydroxyl groups is 1. The van der Waals surface area contributed by atoms with Gasteiger partial charge in [-0.15, -0.1) is 0 Å². The van der Waals surface area contributed by atoms with Gasteiger partial charge in [-0.1, -0.05) is 54.6 Å². The first-order chi connectivity index (χ1) is 13.6. The van der Waals surface area contributed by atoms with Gasteiger partial charge in [-0.25, -0.2) is 4.99 Å². The smallest absolute Gasteiger partial charge is 0.192 e. The normalized spacial score (nSPS) is 12.6. The van der Waals surface area contributed by atoms with E-state index < -0.39 is 0 Å². The number of nitrogens with one attached hydrogen (secondary N) is 2. The van der Waals surface area contributed by atoms with Crippen molar-refractivity contribution in [3.63, 3.8) is 0 Å². The number of methoxy groups -OCH3 is 1. The Hall–Kier alpha value is -3.21. The predicted octanol–water partition coefficient (Wildman–Crippen LogP) is 4.37. The number of para-hydroxylation sites is 1. The van der Waals surface area contributed by atoms with E-state index in [0.717, 1.165) is 12.1 Å². The van der Waals surface area contributed by atoms with Crippen LogP contribution in [-0.2, 0) is 6.54 Å². The van der Waals surface area contributed by atoms with Gasteiger partial charge in [0.1, 0.15) is 0 Å². The van der Waals surface area contributed by atoms with Crippen LogP contribution in [0.25, 0.3) is 10.8 Å². The number of aliphatic imine (C=N–C) groups is 1. The van der Waals surface area contributed by atoms with Crippen molar-refractivity contribution in [3.05, 3.63) is 71.8 Å². The lowest BCUT2D eigenvalue weighted by molar-refractivity contribution is 0.370. The van der Waals surface area contributed by atoms with Gasteiger partial charge in [0.15, 0.2) is 17.5 Å². The van der Waals surface area contributed by atoms with Crippen molar-refractivity contribution in [2.75, 3.05) is 13.7 Å². The van der Waals surface area contributed by atoms with E-state index in [1.54, 1.807) is 13.2 Å². The summed E-state index contributed by atoms with van der Waals surface area (Å²) in [5, 5.41) is 19.5. The van der Waals surface area contributed by atoms with Crippen LogP contribution in [0.2, 0.25) is 0 Å². The predicted molar refractivity (Wildman–Crippen MR) is 115 cm³/mol. The molecule has 28 heavy (non-hydrogen) atoms. The summed E-state index contributed by atoms with van der Waals surface area (Å²) < 4.78 is 5.17. The number of guanidine groups is 1. The Bertz CT molecular complexity index is 964. The third-order valence-electron chi connectivity index (χ3n) is 4.70. The maximum absolute atomic E-state index is 10.3. The number of ether oxygens (including phenoxy) is 1. The first kappa shape index (κ1) is 19.5. The van der Waals surface area contributed by atoms with Crippen molar-refractivity contribution in [1.29, 1.82) is 0 Å². The molecule has 0 aromatic heterocycles. The van der Waals surface area contributed by atoms with E-state index in [0.29, 0.717) is 18.3 Å². The molecule has 0 aliphatic carbocycles. The molecule has 5 nitrogen and oxygen atoms in total. The second-order valence-corrected chi connectivity index (χ2v) is 6.60. The van der Waals surface area contributed by atoms with Gasteiger partial charge in [-0.3, -0.25) is 0 Å². The molecule has 146 valence electrons. The van der Waals surface area contributed by atoms with Gasteiger partial charge in [0, 0.05) is 12.1 Å². The lowest BCUT2D eigenvalue weighted by atomic mass is 10.00. The van der Waals surface area contributed by atoms with E-state index in [9.17, 15) is 5.11 Å². The maximum atomic E-state index is 10.3. The van der Waals surface area contributed by atoms with Crippen molar-refractivity contribution in [2.24, 2.45) is 4.99 Å². The fourth-order valence-electron chi connectivity index (χ4n) is 3.26. The van der Waals surface area contributed by atoms with Gasteiger partial charge in [-0.2, -0.15) is 0 Å². The van der Waals surface area contributed by atoms with Gasteiger partial charge in [-0.05, 0) is 36.2 Å². The van der Waals surface area contributed by atoms with Gasteiger partial charge in [0.05, 0.1) is 19.7 Å². The first-order valence-corrected chi connectivity index (χ1v) is 9.51. The van der Waals surface area contributed by atoms with Crippen LogP contribution in [0.1, 0.15) is 31.0 Å². The van der Waals surface area contributed by atoms with Crippen LogP contribution in [0.4, 0.5) is 0 Å². The summed E-state index contributed by atoms with van der Waals surface area (Å²) in [6.07, 6.45) is 0. The SMILES string of the molecule is CCNC(=NCc1cccc(OC)c1O)NC(C)c1cccc2ccccc12. The lowest BCUT2D eigenvalue weighted by Gasteiger charge is -2.20. The molecule has 3 aromatic carbocycles. The Kier molecular flexibility index (Phi) is 6.37. The maximum Gasteiger partial charge on any atom is 0.192 e. The minimum Gasteiger partial charge on any atom is -0.504 e. The average Bonchev–Trinajstić information content (AvgIpc) is 2.72. The molecule has 5 heteroatoms. The Morgan fingerprint density at radius 2 is 1.82 bits per heavy atom. The second-order valence-electron chi connectivity index (χ2n) is 6.60. The standard InChI is InChI=1S/C23H27N3O2/c1-4-24-23(25-15-18-11-8-14-21(28-3)22(18)27)26-16(2)19-13-7-10-17-9-5-6-12-20(17)19/h5-14,16,27H,4,15H2,1-3H3,(H2,24,25,26). The zero-order valence-corrected chi connectivity index (χ0v) is 16.6. The summed E-state index contributed by atoms with van der Waals surface area (Å²) >= 11 is 0. The molecule has 0 bridgehead atoms. The van der Waals surface area contributed by atoms with Crippen molar-refractivity contribution in [3.8, 4) is 11.5 Å². The highest BCUT2D eigenvalue weighted by Crippen LogP contribution is 2.30. The largest absolute Gasteiger partial charge is 0.504 e. The molecule has 0 saturated heterocycles. The molecule has 0 aliphatic heterocycles. The highest BCUT2D eigenvalue weighted by molar-refractivity contribution is 5.87. The molecule has 3 aromatic rings. The molecule has 3 rings (SSSR count). The van der Waals surface area contributed by atoms with E-state index in [1.165, 1.54) is 16.3 Å². The van der Waals surface area contributed by atoms with Gasteiger partial charge in [0.2, 0.25) is 0 Å². The van der Waals surface area contributed by atoms with Crippen LogP contribution in [0.5, 0.6) is 11.5 Å². The summed E-state index contributed by atoms with van der Waals surface area (Å²) in [7, 11) is 1.54. The van der Waals surface area contributed by atoms with Crippen LogP contribution in [-0.4, -0.2) is 24.7 Å². The Labute approximate surface area is 166 Å². The topological polar surface area (TPSA) is 65.9 Å². The van der Waals surface area contributed by atoms with E-state index in [1.807, 2.05) is 19.1 Å². The molecule has 0 saturated carbocycles. The number of phenols is 1. The number of hydrogen-bond acceptors (Lipinski definition) is 3. The first-order valence-electron chi connectivity index (χ1n) is 9.51. The van der Waals surface area contributed by atoms with Crippen molar-refractivity contribution in [1.82, 2.24) is 10.6 Å². The zero-order valence-electron chi connectivity index (χ0n) is 16.6. The highest BCUT2D eigenvalue weighted by Gasteiger charge is 2.12. The summed E-state index contributed by atoms with van der Waals surface area (Å²) in [4.78, 5) is 4.64. The fraction of sp³-hybridized carbons (Fsp3) is 0.261. The van der Waals surface area contributed by atoms with Gasteiger partial charge < -0.3 is 20.5 Å². The van der Waals surface area contributed by atoms with Crippen molar-refractivity contribution < 1.29 is 9.84 Å². The van der Waals surface area contributed by atoms with Crippen molar-refractivity contribution in [2.45, 2.75) is 26.4 Å². The highest BCUT2D eigenvalue weighted by atomic mass is 16.5. The Balaban J connectivity index is 1.81. The van der Waals surface area contributed by atoms with Crippen LogP contribution in [0.15, 0.2) is 65.7 Å². The molecule has 0 aliphatic rings. The van der Waals surface area contributed by atoms with Gasteiger partial charge >= 0.3 is 0 Å². The van der Waals surface area contributed by atoms with Crippen molar-refractivity contribution >= 4 is 16.7 Å². The molecular weight excluding hydrogens is 350 g/mol. The summed E-state index contributed by atoms with van der Waals surface area (Å²) in [5.74, 6) is 1.28. The monoisotopic (exact) mass is 377 g/mol. The van der Waals surface area contributed by atoms with Crippen LogP contribution >= 0.6 is 0 Å². The van der Waals surface area contributed by atoms with Crippen LogP contribution in [0.3, 0.4) is 0 Å². The molecule has 0 radical (unpaired) electrons. The molecule has 0 spiro atoms. The minimum absolute atomic E-state index is 0.0720. The van der Waals surface area contributed by atoms with E-state index in [4.69, 9.17) is 4.74 Å². The molecule has 1 unspecified atom stereocenters. The Morgan fingerprint density at radius 1 is 1.07 bits per heavy atom.